The van der Waals surface area contributed by atoms with E-state index in [1.165, 1.54) is 0 Å². The van der Waals surface area contributed by atoms with E-state index in [2.05, 4.69) is 4.74 Å². The van der Waals surface area contributed by atoms with Crippen molar-refractivity contribution in [1.82, 2.24) is 0 Å². The molecule has 0 spiro atoms. The Morgan fingerprint density at radius 3 is 2.42 bits per heavy atom. The molecule has 0 rings (SSSR count). The standard InChI is InChI=1S/C8H14O4/c1-3-7(9)12-8(10)5-4-6-11-2/h3-6H2,1-2H3. The first kappa shape index (κ1) is 11.1. The molecule has 0 saturated carbocycles. The van der Waals surface area contributed by atoms with Crippen molar-refractivity contribution in [2.75, 3.05) is 13.7 Å². The van der Waals surface area contributed by atoms with Gasteiger partial charge in [-0.1, -0.05) is 6.92 Å². The van der Waals surface area contributed by atoms with Crippen LogP contribution in [0.4, 0.5) is 0 Å². The van der Waals surface area contributed by atoms with Crippen LogP contribution in [0.25, 0.3) is 0 Å². The van der Waals surface area contributed by atoms with Gasteiger partial charge in [-0.05, 0) is 6.42 Å². The highest BCUT2D eigenvalue weighted by atomic mass is 16.6. The second kappa shape index (κ2) is 6.79. The fraction of sp³-hybridized carbons (Fsp3) is 0.750. The van der Waals surface area contributed by atoms with E-state index in [1.54, 1.807) is 14.0 Å². The summed E-state index contributed by atoms with van der Waals surface area (Å²) in [5.74, 6) is -0.948. The monoisotopic (exact) mass is 174 g/mol. The minimum atomic E-state index is -0.475. The van der Waals surface area contributed by atoms with Gasteiger partial charge in [0.2, 0.25) is 0 Å². The fourth-order valence-corrected chi connectivity index (χ4v) is 0.611. The second-order valence-electron chi connectivity index (χ2n) is 2.30. The van der Waals surface area contributed by atoms with Gasteiger partial charge in [0, 0.05) is 26.6 Å². The van der Waals surface area contributed by atoms with Crippen molar-refractivity contribution in [2.45, 2.75) is 26.2 Å². The van der Waals surface area contributed by atoms with Crippen molar-refractivity contribution >= 4 is 11.9 Å². The maximum Gasteiger partial charge on any atom is 0.313 e. The van der Waals surface area contributed by atoms with Gasteiger partial charge in [-0.2, -0.15) is 0 Å². The topological polar surface area (TPSA) is 52.6 Å². The highest BCUT2D eigenvalue weighted by molar-refractivity contribution is 5.85. The Bertz CT molecular complexity index is 153. The van der Waals surface area contributed by atoms with Gasteiger partial charge < -0.3 is 9.47 Å². The minimum Gasteiger partial charge on any atom is -0.393 e. The van der Waals surface area contributed by atoms with Crippen LogP contribution < -0.4 is 0 Å². The van der Waals surface area contributed by atoms with Crippen molar-refractivity contribution in [1.29, 1.82) is 0 Å². The molecule has 0 saturated heterocycles. The van der Waals surface area contributed by atoms with E-state index in [0.717, 1.165) is 0 Å². The van der Waals surface area contributed by atoms with Gasteiger partial charge in [-0.15, -0.1) is 0 Å². The smallest absolute Gasteiger partial charge is 0.313 e. The summed E-state index contributed by atoms with van der Waals surface area (Å²) in [6.45, 7) is 2.15. The third kappa shape index (κ3) is 5.85. The minimum absolute atomic E-state index is 0.232. The molecule has 4 nitrogen and oxygen atoms in total. The highest BCUT2D eigenvalue weighted by Gasteiger charge is 2.06. The number of methoxy groups -OCH3 is 1. The SMILES string of the molecule is CCC(=O)OC(=O)CCCOC. The van der Waals surface area contributed by atoms with E-state index >= 15 is 0 Å². The number of hydrogen-bond donors (Lipinski definition) is 0. The molecule has 0 aliphatic heterocycles. The van der Waals surface area contributed by atoms with Crippen molar-refractivity contribution < 1.29 is 19.1 Å². The third-order valence-corrected chi connectivity index (χ3v) is 1.25. The average Bonchev–Trinajstić information content (AvgIpc) is 2.05. The summed E-state index contributed by atoms with van der Waals surface area (Å²) in [7, 11) is 1.56. The molecular weight excluding hydrogens is 160 g/mol. The molecule has 0 bridgehead atoms. The van der Waals surface area contributed by atoms with Gasteiger partial charge in [0.15, 0.2) is 0 Å². The molecule has 0 aromatic carbocycles. The van der Waals surface area contributed by atoms with Crippen LogP contribution in [-0.2, 0) is 19.1 Å². The molecule has 12 heavy (non-hydrogen) atoms. The average molecular weight is 174 g/mol. The van der Waals surface area contributed by atoms with Gasteiger partial charge in [-0.3, -0.25) is 9.59 Å². The fourth-order valence-electron chi connectivity index (χ4n) is 0.611. The summed E-state index contributed by atoms with van der Waals surface area (Å²) in [4.78, 5) is 21.4. The first-order valence-corrected chi connectivity index (χ1v) is 3.93. The number of carbonyl (C=O) groups excluding carboxylic acids is 2. The Labute approximate surface area is 71.8 Å². The van der Waals surface area contributed by atoms with Crippen LogP contribution >= 0.6 is 0 Å². The second-order valence-corrected chi connectivity index (χ2v) is 2.30. The van der Waals surface area contributed by atoms with Gasteiger partial charge in [0.05, 0.1) is 0 Å². The van der Waals surface area contributed by atoms with E-state index in [1.807, 2.05) is 0 Å². The zero-order valence-electron chi connectivity index (χ0n) is 7.46. The molecule has 0 aliphatic carbocycles. The zero-order valence-corrected chi connectivity index (χ0v) is 7.46. The van der Waals surface area contributed by atoms with Crippen LogP contribution in [0.15, 0.2) is 0 Å². The molecule has 0 radical (unpaired) electrons. The Morgan fingerprint density at radius 1 is 1.25 bits per heavy atom. The van der Waals surface area contributed by atoms with Gasteiger partial charge in [-0.25, -0.2) is 0 Å². The molecule has 0 heterocycles. The maximum atomic E-state index is 10.8. The molecule has 4 heteroatoms. The van der Waals surface area contributed by atoms with Crippen molar-refractivity contribution in [3.8, 4) is 0 Å². The van der Waals surface area contributed by atoms with E-state index in [-0.39, 0.29) is 12.8 Å². The van der Waals surface area contributed by atoms with E-state index in [0.29, 0.717) is 13.0 Å². The predicted molar refractivity (Wildman–Crippen MR) is 42.5 cm³/mol. The van der Waals surface area contributed by atoms with E-state index in [4.69, 9.17) is 4.74 Å². The lowest BCUT2D eigenvalue weighted by atomic mass is 10.3. The van der Waals surface area contributed by atoms with Crippen molar-refractivity contribution in [3.63, 3.8) is 0 Å². The molecular formula is C8H14O4. The molecule has 0 aliphatic rings. The molecule has 0 atom stereocenters. The maximum absolute atomic E-state index is 10.8. The molecule has 0 amide bonds. The summed E-state index contributed by atoms with van der Waals surface area (Å²) in [6.07, 6.45) is 1.06. The van der Waals surface area contributed by atoms with E-state index < -0.39 is 11.9 Å². The number of ether oxygens (including phenoxy) is 2. The van der Waals surface area contributed by atoms with Crippen LogP contribution in [0.1, 0.15) is 26.2 Å². The summed E-state index contributed by atoms with van der Waals surface area (Å²) >= 11 is 0. The van der Waals surface area contributed by atoms with Crippen LogP contribution in [-0.4, -0.2) is 25.7 Å². The Kier molecular flexibility index (Phi) is 6.28. The number of rotatable bonds is 5. The summed E-state index contributed by atoms with van der Waals surface area (Å²) in [5, 5.41) is 0. The molecule has 0 unspecified atom stereocenters. The highest BCUT2D eigenvalue weighted by Crippen LogP contribution is 1.94. The first-order valence-electron chi connectivity index (χ1n) is 3.93. The van der Waals surface area contributed by atoms with Gasteiger partial charge >= 0.3 is 11.9 Å². The summed E-state index contributed by atoms with van der Waals surface area (Å²) in [5.41, 5.74) is 0. The Morgan fingerprint density at radius 2 is 1.92 bits per heavy atom. The zero-order chi connectivity index (χ0) is 9.40. The van der Waals surface area contributed by atoms with Crippen LogP contribution in [0.2, 0.25) is 0 Å². The molecule has 70 valence electrons. The number of hydrogen-bond acceptors (Lipinski definition) is 4. The molecule has 0 fully saturated rings. The summed E-state index contributed by atoms with van der Waals surface area (Å²) < 4.78 is 9.14. The van der Waals surface area contributed by atoms with Gasteiger partial charge in [0.25, 0.3) is 0 Å². The molecule has 0 aromatic heterocycles. The lowest BCUT2D eigenvalue weighted by molar-refractivity contribution is -0.159. The van der Waals surface area contributed by atoms with Crippen molar-refractivity contribution in [2.24, 2.45) is 0 Å². The van der Waals surface area contributed by atoms with Crippen LogP contribution in [0, 0.1) is 0 Å². The first-order chi connectivity index (χ1) is 5.70. The number of esters is 2. The normalized spacial score (nSPS) is 9.50. The summed E-state index contributed by atoms with van der Waals surface area (Å²) in [6, 6.07) is 0. The van der Waals surface area contributed by atoms with Crippen LogP contribution in [0.5, 0.6) is 0 Å². The predicted octanol–water partition coefficient (Wildman–Crippen LogP) is 0.893. The largest absolute Gasteiger partial charge is 0.393 e. The lowest BCUT2D eigenvalue weighted by Gasteiger charge is -2.00. The van der Waals surface area contributed by atoms with Crippen LogP contribution in [0.3, 0.4) is 0 Å². The van der Waals surface area contributed by atoms with E-state index in [9.17, 15) is 9.59 Å². The Hall–Kier alpha value is -0.900. The third-order valence-electron chi connectivity index (χ3n) is 1.25. The number of carbonyl (C=O) groups is 2. The molecule has 0 aromatic rings. The quantitative estimate of drug-likeness (QED) is 0.353. The lowest BCUT2D eigenvalue weighted by Crippen LogP contribution is -2.11. The molecule has 0 N–H and O–H groups in total. The van der Waals surface area contributed by atoms with Gasteiger partial charge in [0.1, 0.15) is 0 Å². The van der Waals surface area contributed by atoms with Crippen molar-refractivity contribution in [3.05, 3.63) is 0 Å². The Balaban J connectivity index is 3.40.